The summed E-state index contributed by atoms with van der Waals surface area (Å²) in [5.74, 6) is 2.17. The van der Waals surface area contributed by atoms with Crippen LogP contribution in [0.4, 0.5) is 0 Å². The summed E-state index contributed by atoms with van der Waals surface area (Å²) in [6.45, 7) is 4.36. The minimum absolute atomic E-state index is 0.0493. The van der Waals surface area contributed by atoms with Gasteiger partial charge in [0, 0.05) is 12.1 Å². The van der Waals surface area contributed by atoms with Crippen LogP contribution >= 0.6 is 0 Å². The highest BCUT2D eigenvalue weighted by Gasteiger charge is 2.21. The van der Waals surface area contributed by atoms with E-state index in [1.165, 1.54) is 13.2 Å². The van der Waals surface area contributed by atoms with E-state index in [1.807, 2.05) is 6.07 Å². The quantitative estimate of drug-likeness (QED) is 0.729. The van der Waals surface area contributed by atoms with Crippen molar-refractivity contribution in [2.45, 2.75) is 26.7 Å². The first kappa shape index (κ1) is 18.0. The Labute approximate surface area is 152 Å². The molecule has 3 N–H and O–H groups in total. The zero-order valence-electron chi connectivity index (χ0n) is 15.2. The van der Waals surface area contributed by atoms with Gasteiger partial charge in [-0.3, -0.25) is 0 Å². The molecule has 0 saturated carbocycles. The maximum absolute atomic E-state index is 10.2. The molecule has 0 saturated heterocycles. The summed E-state index contributed by atoms with van der Waals surface area (Å²) in [5, 5.41) is 30.0. The summed E-state index contributed by atoms with van der Waals surface area (Å²) in [6.07, 6.45) is 1.29. The smallest absolute Gasteiger partial charge is 0.231 e. The van der Waals surface area contributed by atoms with Gasteiger partial charge >= 0.3 is 0 Å². The fourth-order valence-corrected chi connectivity index (χ4v) is 3.16. The largest absolute Gasteiger partial charge is 0.508 e. The Balaban J connectivity index is 1.72. The molecular formula is C20H24O6. The van der Waals surface area contributed by atoms with Gasteiger partial charge in [0.05, 0.1) is 7.11 Å². The molecule has 1 aliphatic rings. The third-order valence-corrected chi connectivity index (χ3v) is 5.01. The van der Waals surface area contributed by atoms with Crippen molar-refractivity contribution in [1.29, 1.82) is 0 Å². The highest BCUT2D eigenvalue weighted by Crippen LogP contribution is 2.40. The van der Waals surface area contributed by atoms with Crippen LogP contribution in [0.25, 0.3) is 0 Å². The number of ether oxygens (including phenoxy) is 3. The molecule has 1 aliphatic heterocycles. The van der Waals surface area contributed by atoms with Crippen LogP contribution in [-0.4, -0.2) is 29.2 Å². The molecular weight excluding hydrogens is 336 g/mol. The van der Waals surface area contributed by atoms with Gasteiger partial charge < -0.3 is 29.5 Å². The van der Waals surface area contributed by atoms with Gasteiger partial charge in [-0.1, -0.05) is 13.8 Å². The van der Waals surface area contributed by atoms with E-state index in [4.69, 9.17) is 14.2 Å². The van der Waals surface area contributed by atoms with Crippen LogP contribution in [0.3, 0.4) is 0 Å². The zero-order chi connectivity index (χ0) is 18.8. The molecule has 6 nitrogen and oxygen atoms in total. The van der Waals surface area contributed by atoms with Gasteiger partial charge in [-0.2, -0.15) is 0 Å². The Morgan fingerprint density at radius 1 is 0.846 bits per heavy atom. The van der Waals surface area contributed by atoms with E-state index in [0.29, 0.717) is 35.7 Å². The average Bonchev–Trinajstić information content (AvgIpc) is 3.04. The van der Waals surface area contributed by atoms with Crippen LogP contribution in [0, 0.1) is 11.8 Å². The second-order valence-electron chi connectivity index (χ2n) is 6.85. The van der Waals surface area contributed by atoms with Crippen LogP contribution < -0.4 is 14.2 Å². The summed E-state index contributed by atoms with van der Waals surface area (Å²) < 4.78 is 15.8. The van der Waals surface area contributed by atoms with Gasteiger partial charge in [-0.25, -0.2) is 0 Å². The predicted octanol–water partition coefficient (Wildman–Crippen LogP) is 3.60. The summed E-state index contributed by atoms with van der Waals surface area (Å²) in [5.41, 5.74) is 1.52. The van der Waals surface area contributed by atoms with E-state index in [-0.39, 0.29) is 35.9 Å². The molecule has 0 fully saturated rings. The molecule has 2 unspecified atom stereocenters. The second-order valence-corrected chi connectivity index (χ2v) is 6.85. The third kappa shape index (κ3) is 3.59. The molecule has 2 atom stereocenters. The molecule has 0 spiro atoms. The minimum atomic E-state index is -0.0836. The number of fused-ring (bicyclic) bond motifs is 1. The first-order chi connectivity index (χ1) is 12.4. The molecule has 2 aromatic rings. The molecule has 0 aliphatic carbocycles. The van der Waals surface area contributed by atoms with Crippen molar-refractivity contribution < 1.29 is 29.5 Å². The number of aromatic hydroxyl groups is 3. The lowest BCUT2D eigenvalue weighted by molar-refractivity contribution is 0.174. The molecule has 0 bridgehead atoms. The van der Waals surface area contributed by atoms with E-state index in [1.54, 1.807) is 12.1 Å². The van der Waals surface area contributed by atoms with E-state index in [0.717, 1.165) is 5.56 Å². The van der Waals surface area contributed by atoms with Crippen LogP contribution in [0.5, 0.6) is 34.5 Å². The Morgan fingerprint density at radius 2 is 1.38 bits per heavy atom. The molecule has 26 heavy (non-hydrogen) atoms. The van der Waals surface area contributed by atoms with E-state index in [2.05, 4.69) is 13.8 Å². The van der Waals surface area contributed by atoms with Crippen LogP contribution in [0.2, 0.25) is 0 Å². The Bertz CT molecular complexity index is 784. The Hall–Kier alpha value is -2.76. The van der Waals surface area contributed by atoms with Crippen LogP contribution in [0.15, 0.2) is 24.3 Å². The molecule has 3 rings (SSSR count). The van der Waals surface area contributed by atoms with Crippen LogP contribution in [0.1, 0.15) is 25.0 Å². The molecule has 6 heteroatoms. The number of rotatable bonds is 6. The van der Waals surface area contributed by atoms with Gasteiger partial charge in [0.15, 0.2) is 23.0 Å². The lowest BCUT2D eigenvalue weighted by atomic mass is 9.85. The van der Waals surface area contributed by atoms with Crippen molar-refractivity contribution in [3.8, 4) is 34.5 Å². The van der Waals surface area contributed by atoms with Gasteiger partial charge in [0.1, 0.15) is 11.5 Å². The first-order valence-corrected chi connectivity index (χ1v) is 8.59. The van der Waals surface area contributed by atoms with Crippen LogP contribution in [-0.2, 0) is 12.8 Å². The molecule has 0 amide bonds. The fourth-order valence-electron chi connectivity index (χ4n) is 3.16. The zero-order valence-corrected chi connectivity index (χ0v) is 15.2. The average molecular weight is 360 g/mol. The summed E-state index contributed by atoms with van der Waals surface area (Å²) in [7, 11) is 1.48. The second kappa shape index (κ2) is 7.23. The van der Waals surface area contributed by atoms with Gasteiger partial charge in [-0.05, 0) is 47.9 Å². The highest BCUT2D eigenvalue weighted by molar-refractivity contribution is 5.51. The van der Waals surface area contributed by atoms with E-state index >= 15 is 0 Å². The fraction of sp³-hybridized carbons (Fsp3) is 0.400. The lowest BCUT2D eigenvalue weighted by Crippen LogP contribution is -2.14. The Kier molecular flexibility index (Phi) is 5.02. The van der Waals surface area contributed by atoms with Gasteiger partial charge in [-0.15, -0.1) is 0 Å². The number of phenols is 3. The van der Waals surface area contributed by atoms with Crippen molar-refractivity contribution in [3.05, 3.63) is 35.4 Å². The molecule has 1 heterocycles. The standard InChI is InChI=1S/C20H24O6/c1-11(4-13-6-18(24-3)17(23)8-15(13)21)12(2)5-14-7-19-20(9-16(14)22)26-10-25-19/h6-9,11-12,21-23H,4-5,10H2,1-3H3. The molecule has 2 aromatic carbocycles. The lowest BCUT2D eigenvalue weighted by Gasteiger charge is -2.21. The summed E-state index contributed by atoms with van der Waals surface area (Å²) >= 11 is 0. The number of phenolic OH excluding ortho intramolecular Hbond substituents is 3. The third-order valence-electron chi connectivity index (χ3n) is 5.01. The molecule has 140 valence electrons. The topological polar surface area (TPSA) is 88.4 Å². The van der Waals surface area contributed by atoms with Crippen molar-refractivity contribution in [1.82, 2.24) is 0 Å². The van der Waals surface area contributed by atoms with E-state index in [9.17, 15) is 15.3 Å². The monoisotopic (exact) mass is 360 g/mol. The maximum Gasteiger partial charge on any atom is 0.231 e. The molecule has 0 aromatic heterocycles. The van der Waals surface area contributed by atoms with E-state index < -0.39 is 0 Å². The van der Waals surface area contributed by atoms with Crippen molar-refractivity contribution in [2.75, 3.05) is 13.9 Å². The molecule has 0 radical (unpaired) electrons. The minimum Gasteiger partial charge on any atom is -0.508 e. The first-order valence-electron chi connectivity index (χ1n) is 8.59. The SMILES string of the molecule is COc1cc(CC(C)C(C)Cc2cc3c(cc2O)OCO3)c(O)cc1O. The number of hydrogen-bond acceptors (Lipinski definition) is 6. The predicted molar refractivity (Wildman–Crippen MR) is 96.3 cm³/mol. The van der Waals surface area contributed by atoms with Crippen molar-refractivity contribution >= 4 is 0 Å². The normalized spacial score (nSPS) is 14.9. The Morgan fingerprint density at radius 3 is 2.00 bits per heavy atom. The van der Waals surface area contributed by atoms with Gasteiger partial charge in [0.2, 0.25) is 6.79 Å². The number of hydrogen-bond donors (Lipinski definition) is 3. The van der Waals surface area contributed by atoms with Crippen molar-refractivity contribution in [3.63, 3.8) is 0 Å². The number of methoxy groups -OCH3 is 1. The van der Waals surface area contributed by atoms with Crippen molar-refractivity contribution in [2.24, 2.45) is 11.8 Å². The maximum atomic E-state index is 10.2. The summed E-state index contributed by atoms with van der Waals surface area (Å²) in [6, 6.07) is 6.37. The highest BCUT2D eigenvalue weighted by atomic mass is 16.7. The summed E-state index contributed by atoms with van der Waals surface area (Å²) in [4.78, 5) is 0. The van der Waals surface area contributed by atoms with Gasteiger partial charge in [0.25, 0.3) is 0 Å². The number of benzene rings is 2.